The van der Waals surface area contributed by atoms with Crippen LogP contribution in [0, 0.1) is 0 Å². The summed E-state index contributed by atoms with van der Waals surface area (Å²) in [6, 6.07) is 0. The van der Waals surface area contributed by atoms with Crippen LogP contribution in [-0.2, 0) is 14.3 Å². The number of rotatable bonds is 8. The molecule has 0 aliphatic rings. The zero-order valence-corrected chi connectivity index (χ0v) is 8.15. The summed E-state index contributed by atoms with van der Waals surface area (Å²) in [6.07, 6.45) is 0. The van der Waals surface area contributed by atoms with E-state index >= 15 is 0 Å². The van der Waals surface area contributed by atoms with E-state index in [1.54, 1.807) is 19.1 Å². The van der Waals surface area contributed by atoms with Crippen LogP contribution >= 0.6 is 0 Å². The molecule has 0 spiro atoms. The summed E-state index contributed by atoms with van der Waals surface area (Å²) < 4.78 is 9.95. The molecule has 0 atom stereocenters. The van der Waals surface area contributed by atoms with Crippen LogP contribution in [-0.4, -0.2) is 63.0 Å². The highest BCUT2D eigenvalue weighted by Crippen LogP contribution is 1.83. The molecule has 78 valence electrons. The van der Waals surface area contributed by atoms with Gasteiger partial charge in [0.2, 0.25) is 0 Å². The summed E-state index contributed by atoms with van der Waals surface area (Å²) in [5, 5.41) is 8.42. The first-order chi connectivity index (χ1) is 6.16. The van der Waals surface area contributed by atoms with Crippen LogP contribution in [0.2, 0.25) is 0 Å². The minimum atomic E-state index is -0.820. The molecule has 0 unspecified atom stereocenters. The predicted octanol–water partition coefficient (Wildman–Crippen LogP) is -0.334. The predicted molar refractivity (Wildman–Crippen MR) is 47.8 cm³/mol. The number of nitrogens with zero attached hydrogens (tertiary/aromatic N) is 1. The van der Waals surface area contributed by atoms with Crippen LogP contribution in [0.3, 0.4) is 0 Å². The lowest BCUT2D eigenvalue weighted by atomic mass is 10.5. The Balaban J connectivity index is 3.17. The van der Waals surface area contributed by atoms with Crippen molar-refractivity contribution in [3.8, 4) is 0 Å². The van der Waals surface area contributed by atoms with Gasteiger partial charge in [0.05, 0.1) is 26.4 Å². The molecule has 0 aromatic rings. The van der Waals surface area contributed by atoms with Crippen LogP contribution < -0.4 is 0 Å². The molecule has 0 aromatic carbocycles. The average Bonchev–Trinajstić information content (AvgIpc) is 2.02. The number of carboxylic acids is 1. The van der Waals surface area contributed by atoms with Gasteiger partial charge in [-0.15, -0.1) is 0 Å². The molecule has 5 heteroatoms. The van der Waals surface area contributed by atoms with E-state index in [-0.39, 0.29) is 6.54 Å². The Morgan fingerprint density at radius 1 is 1.38 bits per heavy atom. The lowest BCUT2D eigenvalue weighted by Gasteiger charge is -2.13. The molecule has 0 bridgehead atoms. The van der Waals surface area contributed by atoms with E-state index < -0.39 is 5.97 Å². The number of aliphatic carboxylic acids is 1. The largest absolute Gasteiger partial charge is 0.480 e. The minimum absolute atomic E-state index is 0.0492. The zero-order chi connectivity index (χ0) is 10.1. The van der Waals surface area contributed by atoms with E-state index in [2.05, 4.69) is 0 Å². The Morgan fingerprint density at radius 2 is 2.08 bits per heavy atom. The molecule has 0 fully saturated rings. The van der Waals surface area contributed by atoms with Gasteiger partial charge in [-0.1, -0.05) is 0 Å². The number of likely N-dealkylation sites (N-methyl/N-ethyl adjacent to an activating group) is 1. The summed E-state index contributed by atoms with van der Waals surface area (Å²) >= 11 is 0. The molecule has 0 heterocycles. The van der Waals surface area contributed by atoms with Gasteiger partial charge in [0.1, 0.15) is 0 Å². The van der Waals surface area contributed by atoms with Gasteiger partial charge in [0.25, 0.3) is 0 Å². The second-order valence-corrected chi connectivity index (χ2v) is 2.74. The van der Waals surface area contributed by atoms with Crippen molar-refractivity contribution in [2.75, 3.05) is 47.1 Å². The molecule has 0 saturated carbocycles. The highest BCUT2D eigenvalue weighted by Gasteiger charge is 2.02. The summed E-state index contributed by atoms with van der Waals surface area (Å²) in [5.41, 5.74) is 0. The SMILES string of the molecule is COCCOCCN(C)CC(=O)O. The molecule has 0 saturated heterocycles. The van der Waals surface area contributed by atoms with Crippen molar-refractivity contribution < 1.29 is 19.4 Å². The zero-order valence-electron chi connectivity index (χ0n) is 8.15. The maximum Gasteiger partial charge on any atom is 0.317 e. The lowest BCUT2D eigenvalue weighted by Crippen LogP contribution is -2.29. The third-order valence-corrected chi connectivity index (χ3v) is 1.45. The molecule has 5 nitrogen and oxygen atoms in total. The normalized spacial score (nSPS) is 10.7. The van der Waals surface area contributed by atoms with Crippen molar-refractivity contribution in [1.82, 2.24) is 4.90 Å². The van der Waals surface area contributed by atoms with Gasteiger partial charge < -0.3 is 14.6 Å². The van der Waals surface area contributed by atoms with Crippen molar-refractivity contribution >= 4 is 5.97 Å². The summed E-state index contributed by atoms with van der Waals surface area (Å²) in [5.74, 6) is -0.820. The van der Waals surface area contributed by atoms with Gasteiger partial charge in [-0.05, 0) is 7.05 Å². The molecule has 0 aromatic heterocycles. The topological polar surface area (TPSA) is 59.0 Å². The highest BCUT2D eigenvalue weighted by molar-refractivity contribution is 5.68. The second kappa shape index (κ2) is 7.97. The first kappa shape index (κ1) is 12.3. The van der Waals surface area contributed by atoms with E-state index in [1.807, 2.05) is 0 Å². The molecular formula is C8H17NO4. The van der Waals surface area contributed by atoms with Crippen LogP contribution in [0.5, 0.6) is 0 Å². The maximum atomic E-state index is 10.2. The molecule has 0 radical (unpaired) electrons. The molecule has 0 aliphatic heterocycles. The van der Waals surface area contributed by atoms with Crippen molar-refractivity contribution in [3.05, 3.63) is 0 Å². The van der Waals surface area contributed by atoms with Crippen molar-refractivity contribution in [1.29, 1.82) is 0 Å². The van der Waals surface area contributed by atoms with Crippen LogP contribution in [0.1, 0.15) is 0 Å². The third-order valence-electron chi connectivity index (χ3n) is 1.45. The molecule has 13 heavy (non-hydrogen) atoms. The Bertz CT molecular complexity index is 140. The molecule has 0 rings (SSSR count). The number of hydrogen-bond donors (Lipinski definition) is 1. The number of carbonyl (C=O) groups is 1. The van der Waals surface area contributed by atoms with Gasteiger partial charge in [0.15, 0.2) is 0 Å². The van der Waals surface area contributed by atoms with Gasteiger partial charge in [-0.3, -0.25) is 9.69 Å². The minimum Gasteiger partial charge on any atom is -0.480 e. The summed E-state index contributed by atoms with van der Waals surface area (Å²) in [6.45, 7) is 2.33. The lowest BCUT2D eigenvalue weighted by molar-refractivity contribution is -0.138. The quantitative estimate of drug-likeness (QED) is 0.532. The van der Waals surface area contributed by atoms with Crippen LogP contribution in [0.25, 0.3) is 0 Å². The van der Waals surface area contributed by atoms with Crippen molar-refractivity contribution in [2.45, 2.75) is 0 Å². The smallest absolute Gasteiger partial charge is 0.317 e. The molecular weight excluding hydrogens is 174 g/mol. The summed E-state index contributed by atoms with van der Waals surface area (Å²) in [7, 11) is 3.35. The van der Waals surface area contributed by atoms with Crippen molar-refractivity contribution in [2.24, 2.45) is 0 Å². The van der Waals surface area contributed by atoms with Gasteiger partial charge in [-0.25, -0.2) is 0 Å². The first-order valence-electron chi connectivity index (χ1n) is 4.14. The highest BCUT2D eigenvalue weighted by atomic mass is 16.5. The van der Waals surface area contributed by atoms with E-state index in [1.165, 1.54) is 0 Å². The summed E-state index contributed by atoms with van der Waals surface area (Å²) in [4.78, 5) is 11.9. The fourth-order valence-corrected chi connectivity index (χ4v) is 0.775. The molecule has 0 amide bonds. The molecule has 1 N–H and O–H groups in total. The Morgan fingerprint density at radius 3 is 2.62 bits per heavy atom. The Hall–Kier alpha value is -0.650. The number of methoxy groups -OCH3 is 1. The Labute approximate surface area is 78.2 Å². The fourth-order valence-electron chi connectivity index (χ4n) is 0.775. The standard InChI is InChI=1S/C8H17NO4/c1-9(7-8(10)11)3-4-13-6-5-12-2/h3-7H2,1-2H3,(H,10,11). The van der Waals surface area contributed by atoms with E-state index in [9.17, 15) is 4.79 Å². The van der Waals surface area contributed by atoms with E-state index in [0.717, 1.165) is 0 Å². The molecule has 0 aliphatic carbocycles. The number of carboxylic acid groups (broad SMARTS) is 1. The van der Waals surface area contributed by atoms with Gasteiger partial charge >= 0.3 is 5.97 Å². The second-order valence-electron chi connectivity index (χ2n) is 2.74. The first-order valence-corrected chi connectivity index (χ1v) is 4.14. The van der Waals surface area contributed by atoms with E-state index in [0.29, 0.717) is 26.4 Å². The van der Waals surface area contributed by atoms with E-state index in [4.69, 9.17) is 14.6 Å². The maximum absolute atomic E-state index is 10.2. The number of hydrogen-bond acceptors (Lipinski definition) is 4. The van der Waals surface area contributed by atoms with Gasteiger partial charge in [-0.2, -0.15) is 0 Å². The van der Waals surface area contributed by atoms with Crippen molar-refractivity contribution in [3.63, 3.8) is 0 Å². The Kier molecular flexibility index (Phi) is 7.57. The average molecular weight is 191 g/mol. The van der Waals surface area contributed by atoms with Crippen LogP contribution in [0.15, 0.2) is 0 Å². The fraction of sp³-hybridized carbons (Fsp3) is 0.875. The number of ether oxygens (including phenoxy) is 2. The van der Waals surface area contributed by atoms with Crippen LogP contribution in [0.4, 0.5) is 0 Å². The van der Waals surface area contributed by atoms with Gasteiger partial charge in [0, 0.05) is 13.7 Å². The monoisotopic (exact) mass is 191 g/mol. The third kappa shape index (κ3) is 9.26.